The van der Waals surface area contributed by atoms with Crippen LogP contribution >= 0.6 is 0 Å². The number of benzene rings is 2. The molecule has 1 heterocycles. The van der Waals surface area contributed by atoms with Crippen LogP contribution < -0.4 is 10.7 Å². The van der Waals surface area contributed by atoms with Crippen molar-refractivity contribution in [1.82, 2.24) is 10.4 Å². The van der Waals surface area contributed by atoms with E-state index in [-0.39, 0.29) is 18.1 Å². The van der Waals surface area contributed by atoms with Gasteiger partial charge in [0.15, 0.2) is 0 Å². The fourth-order valence-corrected chi connectivity index (χ4v) is 2.45. The van der Waals surface area contributed by atoms with Gasteiger partial charge in [-0.3, -0.25) is 4.79 Å². The Morgan fingerprint density at radius 2 is 1.96 bits per heavy atom. The monoisotopic (exact) mass is 324 g/mol. The summed E-state index contributed by atoms with van der Waals surface area (Å²) in [5, 5.41) is 7.75. The zero-order valence-electron chi connectivity index (χ0n) is 13.1. The maximum absolute atomic E-state index is 13.4. The smallest absolute Gasteiger partial charge is 0.259 e. The SMILES string of the molecule is Cc1[nH]c2ccccc2c1C=NNC(=O)CNc1ccccc1F. The van der Waals surface area contributed by atoms with Gasteiger partial charge in [0.25, 0.3) is 5.91 Å². The molecule has 0 aliphatic carbocycles. The predicted molar refractivity (Wildman–Crippen MR) is 93.7 cm³/mol. The van der Waals surface area contributed by atoms with Crippen molar-refractivity contribution in [2.45, 2.75) is 6.92 Å². The van der Waals surface area contributed by atoms with Crippen molar-refractivity contribution < 1.29 is 9.18 Å². The normalized spacial score (nSPS) is 11.1. The number of hydrazone groups is 1. The average molecular weight is 324 g/mol. The zero-order valence-corrected chi connectivity index (χ0v) is 13.1. The largest absolute Gasteiger partial charge is 0.374 e. The molecule has 0 unspecified atom stereocenters. The van der Waals surface area contributed by atoms with Crippen LogP contribution in [0.4, 0.5) is 10.1 Å². The van der Waals surface area contributed by atoms with Crippen LogP contribution in [0.2, 0.25) is 0 Å². The van der Waals surface area contributed by atoms with Crippen molar-refractivity contribution in [2.24, 2.45) is 5.10 Å². The van der Waals surface area contributed by atoms with E-state index in [9.17, 15) is 9.18 Å². The number of aromatic amines is 1. The van der Waals surface area contributed by atoms with Gasteiger partial charge in [0.1, 0.15) is 5.82 Å². The number of aromatic nitrogens is 1. The summed E-state index contributed by atoms with van der Waals surface area (Å²) >= 11 is 0. The molecule has 0 radical (unpaired) electrons. The Kier molecular flexibility index (Phi) is 4.56. The van der Waals surface area contributed by atoms with E-state index in [2.05, 4.69) is 20.8 Å². The van der Waals surface area contributed by atoms with Crippen LogP contribution in [0.25, 0.3) is 10.9 Å². The topological polar surface area (TPSA) is 69.3 Å². The Morgan fingerprint density at radius 1 is 1.21 bits per heavy atom. The minimum atomic E-state index is -0.400. The third-order valence-corrected chi connectivity index (χ3v) is 3.64. The Balaban J connectivity index is 1.60. The first-order valence-electron chi connectivity index (χ1n) is 7.53. The molecule has 122 valence electrons. The summed E-state index contributed by atoms with van der Waals surface area (Å²) in [5.74, 6) is -0.754. The third-order valence-electron chi connectivity index (χ3n) is 3.64. The van der Waals surface area contributed by atoms with E-state index in [1.165, 1.54) is 6.07 Å². The number of nitrogens with one attached hydrogen (secondary N) is 3. The third kappa shape index (κ3) is 3.43. The molecular weight excluding hydrogens is 307 g/mol. The molecule has 3 N–H and O–H groups in total. The molecule has 0 spiro atoms. The van der Waals surface area contributed by atoms with E-state index in [4.69, 9.17) is 0 Å². The number of amides is 1. The summed E-state index contributed by atoms with van der Waals surface area (Å²) in [5.41, 5.74) is 5.63. The lowest BCUT2D eigenvalue weighted by Gasteiger charge is -2.05. The fraction of sp³-hybridized carbons (Fsp3) is 0.111. The van der Waals surface area contributed by atoms with Gasteiger partial charge in [-0.05, 0) is 25.1 Å². The molecule has 0 aliphatic rings. The predicted octanol–water partition coefficient (Wildman–Crippen LogP) is 3.18. The average Bonchev–Trinajstić information content (AvgIpc) is 2.90. The van der Waals surface area contributed by atoms with Crippen LogP contribution in [0, 0.1) is 12.7 Å². The van der Waals surface area contributed by atoms with Gasteiger partial charge in [-0.1, -0.05) is 30.3 Å². The maximum Gasteiger partial charge on any atom is 0.259 e. The molecule has 0 aliphatic heterocycles. The number of halogens is 1. The highest BCUT2D eigenvalue weighted by Crippen LogP contribution is 2.19. The number of carbonyl (C=O) groups is 1. The summed E-state index contributed by atoms with van der Waals surface area (Å²) < 4.78 is 13.4. The Morgan fingerprint density at radius 3 is 2.79 bits per heavy atom. The number of fused-ring (bicyclic) bond motifs is 1. The number of rotatable bonds is 5. The van der Waals surface area contributed by atoms with Crippen LogP contribution in [-0.4, -0.2) is 23.7 Å². The first-order valence-corrected chi connectivity index (χ1v) is 7.53. The number of hydrogen-bond acceptors (Lipinski definition) is 3. The second kappa shape index (κ2) is 6.95. The molecule has 1 amide bonds. The number of H-pyrrole nitrogens is 1. The number of carbonyl (C=O) groups excluding carboxylic acids is 1. The second-order valence-corrected chi connectivity index (χ2v) is 5.34. The molecule has 24 heavy (non-hydrogen) atoms. The van der Waals surface area contributed by atoms with Gasteiger partial charge in [-0.25, -0.2) is 9.82 Å². The Labute approximate surface area is 138 Å². The summed E-state index contributed by atoms with van der Waals surface area (Å²) in [6.45, 7) is 1.88. The summed E-state index contributed by atoms with van der Waals surface area (Å²) in [7, 11) is 0. The van der Waals surface area contributed by atoms with Crippen molar-refractivity contribution in [3.05, 3.63) is 65.6 Å². The molecule has 3 rings (SSSR count). The van der Waals surface area contributed by atoms with Crippen molar-refractivity contribution >= 4 is 28.7 Å². The van der Waals surface area contributed by atoms with Crippen molar-refractivity contribution in [3.63, 3.8) is 0 Å². The van der Waals surface area contributed by atoms with E-state index in [1.54, 1.807) is 24.4 Å². The summed E-state index contributed by atoms with van der Waals surface area (Å²) in [6.07, 6.45) is 1.61. The molecule has 3 aromatic rings. The first-order chi connectivity index (χ1) is 11.6. The molecule has 0 atom stereocenters. The lowest BCUT2D eigenvalue weighted by Crippen LogP contribution is -2.26. The summed E-state index contributed by atoms with van der Waals surface area (Å²) in [4.78, 5) is 15.0. The van der Waals surface area contributed by atoms with E-state index in [0.717, 1.165) is 22.2 Å². The highest BCUT2D eigenvalue weighted by molar-refractivity contribution is 6.00. The molecule has 0 bridgehead atoms. The van der Waals surface area contributed by atoms with Crippen LogP contribution in [0.3, 0.4) is 0 Å². The van der Waals surface area contributed by atoms with E-state index in [0.29, 0.717) is 0 Å². The molecular formula is C18H17FN4O. The van der Waals surface area contributed by atoms with Crippen LogP contribution in [0.5, 0.6) is 0 Å². The van der Waals surface area contributed by atoms with Gasteiger partial charge in [-0.2, -0.15) is 5.10 Å². The molecule has 2 aromatic carbocycles. The molecule has 1 aromatic heterocycles. The lowest BCUT2D eigenvalue weighted by molar-refractivity contribution is -0.119. The van der Waals surface area contributed by atoms with E-state index < -0.39 is 5.82 Å². The quantitative estimate of drug-likeness (QED) is 0.498. The number of aryl methyl sites for hydroxylation is 1. The van der Waals surface area contributed by atoms with E-state index >= 15 is 0 Å². The van der Waals surface area contributed by atoms with Crippen molar-refractivity contribution in [2.75, 3.05) is 11.9 Å². The maximum atomic E-state index is 13.4. The minimum absolute atomic E-state index is 0.0643. The van der Waals surface area contributed by atoms with Crippen molar-refractivity contribution in [3.8, 4) is 0 Å². The van der Waals surface area contributed by atoms with Gasteiger partial charge in [-0.15, -0.1) is 0 Å². The Bertz CT molecular complexity index is 901. The van der Waals surface area contributed by atoms with Gasteiger partial charge < -0.3 is 10.3 Å². The highest BCUT2D eigenvalue weighted by Gasteiger charge is 2.06. The minimum Gasteiger partial charge on any atom is -0.374 e. The fourth-order valence-electron chi connectivity index (χ4n) is 2.45. The highest BCUT2D eigenvalue weighted by atomic mass is 19.1. The van der Waals surface area contributed by atoms with Gasteiger partial charge >= 0.3 is 0 Å². The van der Waals surface area contributed by atoms with Crippen molar-refractivity contribution in [1.29, 1.82) is 0 Å². The standard InChI is InChI=1S/C18H17FN4O/c1-12-14(13-6-2-4-8-16(13)22-12)10-21-23-18(24)11-20-17-9-5-3-7-15(17)19/h2-10,20,22H,11H2,1H3,(H,23,24). The van der Waals surface area contributed by atoms with Crippen LogP contribution in [0.15, 0.2) is 53.6 Å². The van der Waals surface area contributed by atoms with Gasteiger partial charge in [0.2, 0.25) is 0 Å². The molecule has 0 saturated heterocycles. The van der Waals surface area contributed by atoms with Crippen LogP contribution in [-0.2, 0) is 4.79 Å². The van der Waals surface area contributed by atoms with E-state index in [1.807, 2.05) is 31.2 Å². The first kappa shape index (κ1) is 15.7. The molecule has 5 nitrogen and oxygen atoms in total. The van der Waals surface area contributed by atoms with Gasteiger partial charge in [0.05, 0.1) is 18.4 Å². The second-order valence-electron chi connectivity index (χ2n) is 5.34. The zero-order chi connectivity index (χ0) is 16.9. The number of anilines is 1. The number of para-hydroxylation sites is 2. The molecule has 0 saturated carbocycles. The summed E-state index contributed by atoms with van der Waals surface area (Å²) in [6, 6.07) is 14.1. The number of hydrogen-bond donors (Lipinski definition) is 3. The number of nitrogens with zero attached hydrogens (tertiary/aromatic N) is 1. The van der Waals surface area contributed by atoms with Gasteiger partial charge in [0, 0.05) is 22.2 Å². The Hall–Kier alpha value is -3.15. The lowest BCUT2D eigenvalue weighted by atomic mass is 10.1. The molecule has 6 heteroatoms. The van der Waals surface area contributed by atoms with Crippen LogP contribution in [0.1, 0.15) is 11.3 Å². The molecule has 0 fully saturated rings.